The maximum absolute atomic E-state index is 10.8. The quantitative estimate of drug-likeness (QED) is 0.496. The molecule has 0 heterocycles. The van der Waals surface area contributed by atoms with Crippen molar-refractivity contribution in [1.29, 1.82) is 0 Å². The van der Waals surface area contributed by atoms with Crippen LogP contribution in [0.2, 0.25) is 0 Å². The summed E-state index contributed by atoms with van der Waals surface area (Å²) >= 11 is 0. The van der Waals surface area contributed by atoms with Crippen molar-refractivity contribution in [3.63, 3.8) is 0 Å². The largest absolute Gasteiger partial charge is 0.373 e. The molecule has 0 spiro atoms. The molecule has 0 unspecified atom stereocenters. The summed E-state index contributed by atoms with van der Waals surface area (Å²) in [5.41, 5.74) is 5.77. The zero-order valence-electron chi connectivity index (χ0n) is 8.13. The van der Waals surface area contributed by atoms with Crippen molar-refractivity contribution in [3.05, 3.63) is 11.8 Å². The number of carbonyl (C=O) groups is 1. The molecule has 0 aromatic heterocycles. The van der Waals surface area contributed by atoms with E-state index in [1.54, 1.807) is 4.90 Å². The lowest BCUT2D eigenvalue weighted by atomic mass is 10.2. The van der Waals surface area contributed by atoms with Gasteiger partial charge in [-0.05, 0) is 12.8 Å². The molecule has 0 aliphatic carbocycles. The Morgan fingerprint density at radius 2 is 2.08 bits per heavy atom. The van der Waals surface area contributed by atoms with Crippen LogP contribution in [0.3, 0.4) is 0 Å². The number of rotatable bonds is 5. The van der Waals surface area contributed by atoms with E-state index in [1.165, 1.54) is 0 Å². The number of unbranched alkanes of at least 4 members (excludes halogenated alkanes) is 2. The molecule has 2 N–H and O–H groups in total. The molecule has 0 radical (unpaired) electrons. The molecule has 0 aliphatic rings. The number of amides is 1. The van der Waals surface area contributed by atoms with Crippen LogP contribution in [0.5, 0.6) is 0 Å². The van der Waals surface area contributed by atoms with Gasteiger partial charge >= 0.3 is 0 Å². The van der Waals surface area contributed by atoms with E-state index < -0.39 is 0 Å². The average molecular weight is 170 g/mol. The molecule has 0 rings (SSSR count). The molecule has 0 saturated heterocycles. The highest BCUT2D eigenvalue weighted by atomic mass is 16.1. The summed E-state index contributed by atoms with van der Waals surface area (Å²) in [5, 5.41) is 0. The molecule has 0 aromatic carbocycles. The summed E-state index contributed by atoms with van der Waals surface area (Å²) in [5.74, 6) is -0.351. The minimum atomic E-state index is -0.351. The second-order valence-corrected chi connectivity index (χ2v) is 2.99. The molecule has 0 aromatic rings. The van der Waals surface area contributed by atoms with Gasteiger partial charge in [-0.25, -0.2) is 0 Å². The van der Waals surface area contributed by atoms with Crippen molar-refractivity contribution in [1.82, 2.24) is 4.90 Å². The van der Waals surface area contributed by atoms with E-state index in [1.807, 2.05) is 20.2 Å². The lowest BCUT2D eigenvalue weighted by Gasteiger charge is -2.13. The summed E-state index contributed by atoms with van der Waals surface area (Å²) < 4.78 is 0. The van der Waals surface area contributed by atoms with Gasteiger partial charge in [-0.3, -0.25) is 4.79 Å². The number of likely N-dealkylation sites (N-methyl/N-ethyl adjacent to an activating group) is 1. The summed E-state index contributed by atoms with van der Waals surface area (Å²) in [6.45, 7) is 2.12. The van der Waals surface area contributed by atoms with E-state index >= 15 is 0 Å². The maximum Gasteiger partial charge on any atom is 0.264 e. The topological polar surface area (TPSA) is 46.3 Å². The highest BCUT2D eigenvalue weighted by molar-refractivity contribution is 5.91. The number of nitrogens with two attached hydrogens (primary N) is 1. The Balaban J connectivity index is 4.10. The lowest BCUT2D eigenvalue weighted by Crippen LogP contribution is -2.25. The van der Waals surface area contributed by atoms with Crippen LogP contribution in [0.1, 0.15) is 26.2 Å². The van der Waals surface area contributed by atoms with Gasteiger partial charge in [0, 0.05) is 14.1 Å². The van der Waals surface area contributed by atoms with Crippen molar-refractivity contribution >= 4 is 5.91 Å². The summed E-state index contributed by atoms with van der Waals surface area (Å²) in [6.07, 6.45) is 5.05. The fourth-order valence-corrected chi connectivity index (χ4v) is 0.946. The second kappa shape index (κ2) is 5.63. The Morgan fingerprint density at radius 1 is 1.50 bits per heavy atom. The summed E-state index contributed by atoms with van der Waals surface area (Å²) in [4.78, 5) is 12.6. The molecule has 70 valence electrons. The first kappa shape index (κ1) is 11.0. The standard InChI is InChI=1S/C9H18N2O/c1-4-5-6-7-8(9(10)12)11(2)3/h7H,4-6H2,1-3H3,(H2,10,12). The Labute approximate surface area is 74.2 Å². The minimum absolute atomic E-state index is 0.351. The first-order chi connectivity index (χ1) is 5.59. The van der Waals surface area contributed by atoms with Crippen LogP contribution in [0.25, 0.3) is 0 Å². The smallest absolute Gasteiger partial charge is 0.264 e. The van der Waals surface area contributed by atoms with Crippen LogP contribution in [0.4, 0.5) is 0 Å². The van der Waals surface area contributed by atoms with Crippen LogP contribution in [0.15, 0.2) is 11.8 Å². The van der Waals surface area contributed by atoms with Crippen molar-refractivity contribution in [2.24, 2.45) is 5.73 Å². The lowest BCUT2D eigenvalue weighted by molar-refractivity contribution is -0.115. The zero-order chi connectivity index (χ0) is 9.56. The average Bonchev–Trinajstić information content (AvgIpc) is 1.96. The van der Waals surface area contributed by atoms with Crippen LogP contribution < -0.4 is 5.73 Å². The molecule has 0 aliphatic heterocycles. The number of nitrogens with zero attached hydrogens (tertiary/aromatic N) is 1. The molecular weight excluding hydrogens is 152 g/mol. The third kappa shape index (κ3) is 4.01. The van der Waals surface area contributed by atoms with Gasteiger partial charge in [-0.1, -0.05) is 19.4 Å². The fourth-order valence-electron chi connectivity index (χ4n) is 0.946. The molecule has 12 heavy (non-hydrogen) atoms. The van der Waals surface area contributed by atoms with E-state index in [0.717, 1.165) is 19.3 Å². The predicted octanol–water partition coefficient (Wildman–Crippen LogP) is 1.11. The van der Waals surface area contributed by atoms with E-state index in [4.69, 9.17) is 5.73 Å². The Morgan fingerprint density at radius 3 is 2.42 bits per heavy atom. The Bertz CT molecular complexity index is 173. The Hall–Kier alpha value is -0.990. The minimum Gasteiger partial charge on any atom is -0.373 e. The van der Waals surface area contributed by atoms with Gasteiger partial charge in [-0.15, -0.1) is 0 Å². The van der Waals surface area contributed by atoms with Gasteiger partial charge in [-0.2, -0.15) is 0 Å². The van der Waals surface area contributed by atoms with Crippen molar-refractivity contribution in [2.45, 2.75) is 26.2 Å². The molecular formula is C9H18N2O. The third-order valence-corrected chi connectivity index (χ3v) is 1.63. The maximum atomic E-state index is 10.8. The zero-order valence-corrected chi connectivity index (χ0v) is 8.13. The van der Waals surface area contributed by atoms with Gasteiger partial charge in [0.25, 0.3) is 5.91 Å². The fraction of sp³-hybridized carbons (Fsp3) is 0.667. The van der Waals surface area contributed by atoms with E-state index in [-0.39, 0.29) is 5.91 Å². The predicted molar refractivity (Wildman–Crippen MR) is 50.5 cm³/mol. The van der Waals surface area contributed by atoms with E-state index in [2.05, 4.69) is 6.92 Å². The second-order valence-electron chi connectivity index (χ2n) is 2.99. The number of carbonyl (C=O) groups excluding carboxylic acids is 1. The SMILES string of the molecule is CCCCC=C(C(N)=O)N(C)C. The number of primary amides is 1. The van der Waals surface area contributed by atoms with Gasteiger partial charge in [0.1, 0.15) is 0 Å². The first-order valence-electron chi connectivity index (χ1n) is 4.26. The van der Waals surface area contributed by atoms with Crippen LogP contribution in [0, 0.1) is 0 Å². The summed E-state index contributed by atoms with van der Waals surface area (Å²) in [6, 6.07) is 0. The normalized spacial score (nSPS) is 11.4. The van der Waals surface area contributed by atoms with Crippen LogP contribution in [-0.4, -0.2) is 24.9 Å². The first-order valence-corrected chi connectivity index (χ1v) is 4.26. The number of allylic oxidation sites excluding steroid dienone is 1. The number of hydrogen-bond acceptors (Lipinski definition) is 2. The molecule has 0 bridgehead atoms. The van der Waals surface area contributed by atoms with Crippen LogP contribution in [-0.2, 0) is 4.79 Å². The van der Waals surface area contributed by atoms with E-state index in [0.29, 0.717) is 5.70 Å². The van der Waals surface area contributed by atoms with E-state index in [9.17, 15) is 4.79 Å². The van der Waals surface area contributed by atoms with Crippen molar-refractivity contribution in [2.75, 3.05) is 14.1 Å². The molecule has 3 heteroatoms. The molecule has 0 fully saturated rings. The molecule has 0 saturated carbocycles. The highest BCUT2D eigenvalue weighted by Gasteiger charge is 2.04. The van der Waals surface area contributed by atoms with Crippen molar-refractivity contribution in [3.8, 4) is 0 Å². The Kier molecular flexibility index (Phi) is 5.17. The van der Waals surface area contributed by atoms with Gasteiger partial charge < -0.3 is 10.6 Å². The van der Waals surface area contributed by atoms with Gasteiger partial charge in [0.15, 0.2) is 0 Å². The van der Waals surface area contributed by atoms with Gasteiger partial charge in [0.2, 0.25) is 0 Å². The molecule has 1 amide bonds. The third-order valence-electron chi connectivity index (χ3n) is 1.63. The van der Waals surface area contributed by atoms with Crippen molar-refractivity contribution < 1.29 is 4.79 Å². The molecule has 3 nitrogen and oxygen atoms in total. The summed E-state index contributed by atoms with van der Waals surface area (Å²) in [7, 11) is 3.64. The monoisotopic (exact) mass is 170 g/mol. The van der Waals surface area contributed by atoms with Crippen LogP contribution >= 0.6 is 0 Å². The molecule has 0 atom stereocenters. The van der Waals surface area contributed by atoms with Gasteiger partial charge in [0.05, 0.1) is 5.70 Å². The highest BCUT2D eigenvalue weighted by Crippen LogP contribution is 2.02. The number of hydrogen-bond donors (Lipinski definition) is 1.